The lowest BCUT2D eigenvalue weighted by atomic mass is 9.99. The third-order valence-corrected chi connectivity index (χ3v) is 4.41. The lowest BCUT2D eigenvalue weighted by molar-refractivity contribution is 0.0606. The van der Waals surface area contributed by atoms with Crippen LogP contribution in [0.1, 0.15) is 34.3 Å². The van der Waals surface area contributed by atoms with Crippen molar-refractivity contribution in [2.45, 2.75) is 18.6 Å². The van der Waals surface area contributed by atoms with Crippen molar-refractivity contribution >= 4 is 5.78 Å². The van der Waals surface area contributed by atoms with Crippen molar-refractivity contribution < 1.29 is 24.1 Å². The smallest absolute Gasteiger partial charge is 0.215 e. The number of hydrogen-bond acceptors (Lipinski definition) is 9. The lowest BCUT2D eigenvalue weighted by Gasteiger charge is -2.24. The molecule has 0 aliphatic carbocycles. The summed E-state index contributed by atoms with van der Waals surface area (Å²) in [6.07, 6.45) is -1.49. The molecule has 0 bridgehead atoms. The van der Waals surface area contributed by atoms with E-state index in [1.54, 1.807) is 42.5 Å². The zero-order chi connectivity index (χ0) is 20.9. The van der Waals surface area contributed by atoms with E-state index in [4.69, 9.17) is 19.5 Å². The molecule has 1 aliphatic heterocycles. The van der Waals surface area contributed by atoms with Crippen LogP contribution in [0.3, 0.4) is 0 Å². The van der Waals surface area contributed by atoms with Gasteiger partial charge in [0, 0.05) is 0 Å². The Morgan fingerprint density at radius 1 is 1.23 bits per heavy atom. The molecule has 10 heteroatoms. The first kappa shape index (κ1) is 19.4. The number of ketones is 1. The number of aromatic nitrogens is 4. The van der Waals surface area contributed by atoms with Crippen LogP contribution in [-0.4, -0.2) is 50.8 Å². The Hall–Kier alpha value is -3.97. The zero-order valence-electron chi connectivity index (χ0n) is 15.7. The number of rotatable bonds is 7. The number of aliphatic hydroxyl groups excluding tert-OH is 1. The van der Waals surface area contributed by atoms with Gasteiger partial charge in [-0.3, -0.25) is 4.79 Å². The number of carbonyl (C=O) groups excluding carboxylic acids is 1. The van der Waals surface area contributed by atoms with Gasteiger partial charge in [0.05, 0.1) is 18.1 Å². The molecule has 3 aromatic rings. The van der Waals surface area contributed by atoms with E-state index in [2.05, 4.69) is 20.6 Å². The number of nitrogens with zero attached hydrogens (tertiary/aromatic N) is 4. The summed E-state index contributed by atoms with van der Waals surface area (Å²) >= 11 is 0. The number of aliphatic hydroxyl groups is 1. The van der Waals surface area contributed by atoms with Gasteiger partial charge >= 0.3 is 0 Å². The minimum atomic E-state index is -0.928. The van der Waals surface area contributed by atoms with Crippen molar-refractivity contribution in [2.24, 2.45) is 0 Å². The normalized spacial score (nSPS) is 16.1. The van der Waals surface area contributed by atoms with Gasteiger partial charge in [-0.15, -0.1) is 10.2 Å². The van der Waals surface area contributed by atoms with Crippen molar-refractivity contribution in [3.8, 4) is 23.3 Å². The molecule has 0 saturated heterocycles. The fourth-order valence-electron chi connectivity index (χ4n) is 2.97. The molecule has 0 unspecified atom stereocenters. The third-order valence-electron chi connectivity index (χ3n) is 4.41. The summed E-state index contributed by atoms with van der Waals surface area (Å²) < 4.78 is 17.0. The third kappa shape index (κ3) is 4.21. The number of hydrogen-bond donors (Lipinski definition) is 2. The maximum Gasteiger partial charge on any atom is 0.215 e. The van der Waals surface area contributed by atoms with E-state index in [0.29, 0.717) is 34.2 Å². The van der Waals surface area contributed by atoms with Gasteiger partial charge in [0.15, 0.2) is 11.9 Å². The summed E-state index contributed by atoms with van der Waals surface area (Å²) in [5.41, 5.74) is 0.839. The lowest BCUT2D eigenvalue weighted by Crippen LogP contribution is -2.26. The fraction of sp³-hybridized carbons (Fsp3) is 0.250. The van der Waals surface area contributed by atoms with E-state index in [1.165, 1.54) is 0 Å². The van der Waals surface area contributed by atoms with Crippen LogP contribution in [-0.2, 0) is 0 Å². The number of aromatic amines is 1. The number of carbonyl (C=O) groups is 1. The summed E-state index contributed by atoms with van der Waals surface area (Å²) in [6, 6.07) is 13.6. The van der Waals surface area contributed by atoms with Gasteiger partial charge in [0.2, 0.25) is 5.82 Å². The van der Waals surface area contributed by atoms with Crippen molar-refractivity contribution in [2.75, 3.05) is 13.2 Å². The van der Waals surface area contributed by atoms with Crippen LogP contribution in [0.5, 0.6) is 17.2 Å². The van der Waals surface area contributed by atoms with Crippen molar-refractivity contribution in [1.29, 1.82) is 5.26 Å². The Labute approximate surface area is 171 Å². The first-order valence-electron chi connectivity index (χ1n) is 9.14. The number of fused-ring (bicyclic) bond motifs is 1. The molecule has 2 heterocycles. The highest BCUT2D eigenvalue weighted by molar-refractivity contribution is 6.02. The Morgan fingerprint density at radius 2 is 2.03 bits per heavy atom. The molecule has 0 spiro atoms. The van der Waals surface area contributed by atoms with Gasteiger partial charge in [-0.25, -0.2) is 0 Å². The topological polar surface area (TPSA) is 143 Å². The number of nitrogens with one attached hydrogen (secondary N) is 1. The number of tetrazole rings is 1. The average molecular weight is 407 g/mol. The molecule has 2 atom stereocenters. The Balaban J connectivity index is 1.37. The van der Waals surface area contributed by atoms with E-state index in [0.717, 1.165) is 0 Å². The highest BCUT2D eigenvalue weighted by Crippen LogP contribution is 2.38. The van der Waals surface area contributed by atoms with E-state index in [9.17, 15) is 9.90 Å². The van der Waals surface area contributed by atoms with Gasteiger partial charge < -0.3 is 19.3 Å². The number of benzene rings is 2. The van der Waals surface area contributed by atoms with E-state index >= 15 is 0 Å². The predicted octanol–water partition coefficient (Wildman–Crippen LogP) is 1.60. The van der Waals surface area contributed by atoms with Gasteiger partial charge in [0.1, 0.15) is 42.1 Å². The molecule has 1 aliphatic rings. The Bertz CT molecular complexity index is 1060. The number of H-pyrrole nitrogens is 1. The molecule has 152 valence electrons. The minimum Gasteiger partial charge on any atom is -0.491 e. The first-order chi connectivity index (χ1) is 14.6. The van der Waals surface area contributed by atoms with E-state index in [-0.39, 0.29) is 25.4 Å². The molecule has 30 heavy (non-hydrogen) atoms. The maximum absolute atomic E-state index is 12.7. The molecule has 2 aromatic carbocycles. The molecule has 0 saturated carbocycles. The van der Waals surface area contributed by atoms with E-state index < -0.39 is 12.2 Å². The quantitative estimate of drug-likeness (QED) is 0.597. The molecule has 0 amide bonds. The number of ether oxygens (including phenoxy) is 3. The van der Waals surface area contributed by atoms with Crippen LogP contribution in [0.15, 0.2) is 42.5 Å². The Kier molecular flexibility index (Phi) is 5.54. The molecule has 0 fully saturated rings. The molecule has 2 N–H and O–H groups in total. The maximum atomic E-state index is 12.7. The highest BCUT2D eigenvalue weighted by Gasteiger charge is 2.32. The zero-order valence-corrected chi connectivity index (χ0v) is 15.7. The van der Waals surface area contributed by atoms with Crippen molar-refractivity contribution in [3.63, 3.8) is 0 Å². The molecule has 10 nitrogen and oxygen atoms in total. The summed E-state index contributed by atoms with van der Waals surface area (Å²) in [4.78, 5) is 12.7. The largest absolute Gasteiger partial charge is 0.491 e. The summed E-state index contributed by atoms with van der Waals surface area (Å²) in [5.74, 6) is 1.34. The standard InChI is InChI=1S/C20H17N5O5/c21-9-12-4-6-14(7-5-12)28-10-13(26)11-29-16-2-1-3-17-19(16)15(27)8-18(30-17)20-22-24-25-23-20/h1-7,13,18,26H,8,10-11H2,(H,22,23,24,25)/t13-,18-/m1/s1. The first-order valence-corrected chi connectivity index (χ1v) is 9.14. The van der Waals surface area contributed by atoms with Crippen LogP contribution in [0, 0.1) is 11.3 Å². The van der Waals surface area contributed by atoms with Gasteiger partial charge in [-0.1, -0.05) is 11.3 Å². The minimum absolute atomic E-state index is 0.00866. The van der Waals surface area contributed by atoms with Crippen molar-refractivity contribution in [1.82, 2.24) is 20.6 Å². The predicted molar refractivity (Wildman–Crippen MR) is 101 cm³/mol. The average Bonchev–Trinajstić information content (AvgIpc) is 3.31. The second-order valence-corrected chi connectivity index (χ2v) is 6.55. The van der Waals surface area contributed by atoms with Crippen LogP contribution in [0.2, 0.25) is 0 Å². The SMILES string of the molecule is N#Cc1ccc(OC[C@@H](O)COc2cccc3c2C(=O)C[C@H](c2nn[nH]n2)O3)cc1. The number of Topliss-reactive ketones (excluding diaryl/α,β-unsaturated/α-hetero) is 1. The second-order valence-electron chi connectivity index (χ2n) is 6.55. The number of nitriles is 1. The van der Waals surface area contributed by atoms with Crippen LogP contribution < -0.4 is 14.2 Å². The van der Waals surface area contributed by atoms with Crippen molar-refractivity contribution in [3.05, 3.63) is 59.4 Å². The van der Waals surface area contributed by atoms with Crippen LogP contribution >= 0.6 is 0 Å². The Morgan fingerprint density at radius 3 is 2.77 bits per heavy atom. The molecule has 1 aromatic heterocycles. The summed E-state index contributed by atoms with van der Waals surface area (Å²) in [6.45, 7) is -0.0838. The molecule has 0 radical (unpaired) electrons. The highest BCUT2D eigenvalue weighted by atomic mass is 16.5. The van der Waals surface area contributed by atoms with Crippen LogP contribution in [0.4, 0.5) is 0 Å². The molecular weight excluding hydrogens is 390 g/mol. The summed E-state index contributed by atoms with van der Waals surface area (Å²) in [7, 11) is 0. The molecular formula is C20H17N5O5. The van der Waals surface area contributed by atoms with Crippen LogP contribution in [0.25, 0.3) is 0 Å². The second kappa shape index (κ2) is 8.59. The van der Waals surface area contributed by atoms with Gasteiger partial charge in [0.25, 0.3) is 0 Å². The monoisotopic (exact) mass is 407 g/mol. The fourth-order valence-corrected chi connectivity index (χ4v) is 2.97. The van der Waals surface area contributed by atoms with Gasteiger partial charge in [-0.2, -0.15) is 10.5 Å². The molecule has 4 rings (SSSR count). The van der Waals surface area contributed by atoms with E-state index in [1.807, 2.05) is 6.07 Å². The van der Waals surface area contributed by atoms with Gasteiger partial charge in [-0.05, 0) is 36.4 Å². The summed E-state index contributed by atoms with van der Waals surface area (Å²) in [5, 5.41) is 32.5.